The van der Waals surface area contributed by atoms with Gasteiger partial charge in [-0.25, -0.2) is 4.98 Å². The molecule has 1 aromatic heterocycles. The normalized spacial score (nSPS) is 20.9. The number of Topliss-reactive ketones (excluding diaryl/α,β-unsaturated/α-hetero) is 1. The summed E-state index contributed by atoms with van der Waals surface area (Å²) in [5.41, 5.74) is 1.42. The number of amides is 1. The van der Waals surface area contributed by atoms with Gasteiger partial charge in [-0.1, -0.05) is 13.8 Å². The van der Waals surface area contributed by atoms with Crippen LogP contribution in [0.2, 0.25) is 0 Å². The Hall–Kier alpha value is -2.63. The average molecular weight is 355 g/mol. The Kier molecular flexibility index (Phi) is 4.85. The van der Waals surface area contributed by atoms with Gasteiger partial charge in [-0.2, -0.15) is 0 Å². The number of benzene rings is 1. The largest absolute Gasteiger partial charge is 0.494 e. The Morgan fingerprint density at radius 1 is 1.38 bits per heavy atom. The molecule has 6 heteroatoms. The molecule has 1 heterocycles. The van der Waals surface area contributed by atoms with Crippen LogP contribution in [0.1, 0.15) is 33.6 Å². The number of carbonyl (C=O) groups excluding carboxylic acids is 2. The van der Waals surface area contributed by atoms with E-state index in [0.29, 0.717) is 17.9 Å². The molecular weight excluding hydrogens is 330 g/mol. The van der Waals surface area contributed by atoms with Gasteiger partial charge in [-0.15, -0.1) is 0 Å². The molecule has 0 saturated heterocycles. The van der Waals surface area contributed by atoms with Crippen LogP contribution in [0.3, 0.4) is 0 Å². The summed E-state index contributed by atoms with van der Waals surface area (Å²) in [5, 5.41) is 2.94. The molecule has 1 N–H and O–H groups in total. The van der Waals surface area contributed by atoms with Crippen LogP contribution in [0.4, 0.5) is 5.69 Å². The molecule has 2 aromatic rings. The summed E-state index contributed by atoms with van der Waals surface area (Å²) in [6, 6.07) is 5.59. The minimum absolute atomic E-state index is 0.0567. The fourth-order valence-electron chi connectivity index (χ4n) is 3.83. The quantitative estimate of drug-likeness (QED) is 0.861. The van der Waals surface area contributed by atoms with Crippen molar-refractivity contribution in [1.29, 1.82) is 0 Å². The van der Waals surface area contributed by atoms with E-state index >= 15 is 0 Å². The molecule has 1 fully saturated rings. The van der Waals surface area contributed by atoms with E-state index in [4.69, 9.17) is 4.74 Å². The second-order valence-electron chi connectivity index (χ2n) is 7.52. The zero-order chi connectivity index (χ0) is 18.9. The van der Waals surface area contributed by atoms with E-state index in [-0.39, 0.29) is 28.9 Å². The number of rotatable bonds is 6. The lowest BCUT2D eigenvalue weighted by molar-refractivity contribution is -0.139. The highest BCUT2D eigenvalue weighted by molar-refractivity contribution is 5.93. The molecule has 3 rings (SSSR count). The summed E-state index contributed by atoms with van der Waals surface area (Å²) in [7, 11) is 1.58. The Labute approximate surface area is 153 Å². The molecule has 0 aliphatic heterocycles. The molecule has 1 saturated carbocycles. The molecule has 0 radical (unpaired) electrons. The first-order chi connectivity index (χ1) is 12.3. The van der Waals surface area contributed by atoms with Crippen molar-refractivity contribution >= 4 is 17.4 Å². The molecule has 1 aliphatic carbocycles. The minimum atomic E-state index is -0.126. The van der Waals surface area contributed by atoms with E-state index in [1.807, 2.05) is 29.0 Å². The number of hydrogen-bond acceptors (Lipinski definition) is 4. The Bertz CT molecular complexity index is 812. The van der Waals surface area contributed by atoms with Gasteiger partial charge in [-0.3, -0.25) is 9.59 Å². The topological polar surface area (TPSA) is 73.2 Å². The van der Waals surface area contributed by atoms with E-state index in [1.165, 1.54) is 0 Å². The van der Waals surface area contributed by atoms with E-state index in [1.54, 1.807) is 26.6 Å². The lowest BCUT2D eigenvalue weighted by Gasteiger charge is -2.51. The molecule has 138 valence electrons. The monoisotopic (exact) mass is 355 g/mol. The summed E-state index contributed by atoms with van der Waals surface area (Å²) in [5.74, 6) is 1.03. The number of aromatic nitrogens is 2. The molecule has 1 aliphatic rings. The van der Waals surface area contributed by atoms with Crippen LogP contribution >= 0.6 is 0 Å². The smallest absolute Gasteiger partial charge is 0.224 e. The molecule has 0 spiro atoms. The zero-order valence-electron chi connectivity index (χ0n) is 15.7. The number of methoxy groups -OCH3 is 1. The number of anilines is 1. The molecule has 0 bridgehead atoms. The Morgan fingerprint density at radius 2 is 2.15 bits per heavy atom. The first-order valence-corrected chi connectivity index (χ1v) is 8.79. The van der Waals surface area contributed by atoms with Crippen molar-refractivity contribution in [2.45, 2.75) is 33.6 Å². The molecule has 26 heavy (non-hydrogen) atoms. The lowest BCUT2D eigenvalue weighted by atomic mass is 9.52. The average Bonchev–Trinajstić information content (AvgIpc) is 3.12. The second-order valence-corrected chi connectivity index (χ2v) is 7.52. The van der Waals surface area contributed by atoms with Gasteiger partial charge in [0.25, 0.3) is 0 Å². The lowest BCUT2D eigenvalue weighted by Crippen LogP contribution is -2.49. The number of hydrogen-bond donors (Lipinski definition) is 1. The molecular formula is C20H25N3O3. The number of nitrogens with zero attached hydrogens (tertiary/aromatic N) is 2. The maximum Gasteiger partial charge on any atom is 0.224 e. The Balaban J connectivity index is 1.67. The van der Waals surface area contributed by atoms with Crippen molar-refractivity contribution in [3.8, 4) is 11.4 Å². The predicted octanol–water partition coefficient (Wildman–Crippen LogP) is 3.46. The maximum absolute atomic E-state index is 12.5. The number of nitrogens with one attached hydrogen (secondary N) is 1. The van der Waals surface area contributed by atoms with Crippen molar-refractivity contribution in [3.63, 3.8) is 0 Å². The molecule has 1 amide bonds. The highest BCUT2D eigenvalue weighted by atomic mass is 16.5. The van der Waals surface area contributed by atoms with Crippen molar-refractivity contribution < 1.29 is 14.3 Å². The summed E-state index contributed by atoms with van der Waals surface area (Å²) in [6.07, 6.45) is 6.45. The SMILES string of the molecule is COc1cc(-n2ccnc2)ccc1NC(=O)C[C@H]1C[C@@H](C(C)=O)C1(C)C. The summed E-state index contributed by atoms with van der Waals surface area (Å²) >= 11 is 0. The van der Waals surface area contributed by atoms with E-state index in [2.05, 4.69) is 24.1 Å². The van der Waals surface area contributed by atoms with Gasteiger partial charge < -0.3 is 14.6 Å². The van der Waals surface area contributed by atoms with Gasteiger partial charge >= 0.3 is 0 Å². The first kappa shape index (κ1) is 18.2. The fraction of sp³-hybridized carbons (Fsp3) is 0.450. The van der Waals surface area contributed by atoms with Crippen molar-refractivity contribution in [3.05, 3.63) is 36.9 Å². The number of ketones is 1. The van der Waals surface area contributed by atoms with Crippen molar-refractivity contribution in [1.82, 2.24) is 9.55 Å². The second kappa shape index (κ2) is 6.94. The van der Waals surface area contributed by atoms with Gasteiger partial charge in [0.2, 0.25) is 5.91 Å². The summed E-state index contributed by atoms with van der Waals surface area (Å²) in [6.45, 7) is 5.78. The highest BCUT2D eigenvalue weighted by Gasteiger charge is 2.50. The van der Waals surface area contributed by atoms with Crippen molar-refractivity contribution in [2.75, 3.05) is 12.4 Å². The molecule has 1 aromatic carbocycles. The zero-order valence-corrected chi connectivity index (χ0v) is 15.7. The third-order valence-corrected chi connectivity index (χ3v) is 5.65. The van der Waals surface area contributed by atoms with Crippen LogP contribution in [0.15, 0.2) is 36.9 Å². The van der Waals surface area contributed by atoms with Gasteiger partial charge in [0.1, 0.15) is 11.5 Å². The number of carbonyl (C=O) groups is 2. The third kappa shape index (κ3) is 3.36. The van der Waals surface area contributed by atoms with Crippen LogP contribution in [-0.2, 0) is 9.59 Å². The highest BCUT2D eigenvalue weighted by Crippen LogP contribution is 2.53. The van der Waals surface area contributed by atoms with Crippen LogP contribution in [-0.4, -0.2) is 28.4 Å². The van der Waals surface area contributed by atoms with Gasteiger partial charge in [0, 0.05) is 30.8 Å². The Morgan fingerprint density at radius 3 is 2.73 bits per heavy atom. The molecule has 0 unspecified atom stereocenters. The number of imidazole rings is 1. The minimum Gasteiger partial charge on any atom is -0.494 e. The first-order valence-electron chi connectivity index (χ1n) is 8.79. The molecule has 2 atom stereocenters. The maximum atomic E-state index is 12.5. The van der Waals surface area contributed by atoms with Crippen LogP contribution in [0.5, 0.6) is 5.75 Å². The van der Waals surface area contributed by atoms with Crippen molar-refractivity contribution in [2.24, 2.45) is 17.3 Å². The standard InChI is InChI=1S/C20H25N3O3/c1-13(24)16-9-14(20(16,2)3)10-19(25)22-17-6-5-15(11-18(17)26-4)23-8-7-21-12-23/h5-8,11-12,14,16H,9-10H2,1-4H3,(H,22,25)/t14-,16+/m1/s1. The van der Waals surface area contributed by atoms with E-state index in [0.717, 1.165) is 12.1 Å². The van der Waals surface area contributed by atoms with E-state index in [9.17, 15) is 9.59 Å². The van der Waals surface area contributed by atoms with Gasteiger partial charge in [-0.05, 0) is 36.8 Å². The fourth-order valence-corrected chi connectivity index (χ4v) is 3.83. The van der Waals surface area contributed by atoms with Crippen LogP contribution in [0, 0.1) is 17.3 Å². The predicted molar refractivity (Wildman–Crippen MR) is 99.4 cm³/mol. The third-order valence-electron chi connectivity index (χ3n) is 5.65. The van der Waals surface area contributed by atoms with E-state index < -0.39 is 0 Å². The van der Waals surface area contributed by atoms with Gasteiger partial charge in [0.05, 0.1) is 24.8 Å². The van der Waals surface area contributed by atoms with Crippen LogP contribution < -0.4 is 10.1 Å². The summed E-state index contributed by atoms with van der Waals surface area (Å²) < 4.78 is 7.29. The number of ether oxygens (including phenoxy) is 1. The van der Waals surface area contributed by atoms with Gasteiger partial charge in [0.15, 0.2) is 0 Å². The molecule has 6 nitrogen and oxygen atoms in total. The van der Waals surface area contributed by atoms with Crippen LogP contribution in [0.25, 0.3) is 5.69 Å². The summed E-state index contributed by atoms with van der Waals surface area (Å²) in [4.78, 5) is 28.2.